The number of hydrogen-bond acceptors (Lipinski definition) is 4. The molecule has 2 aromatic carbocycles. The molecular weight excluding hydrogens is 260 g/mol. The molecule has 0 radical (unpaired) electrons. The van der Waals surface area contributed by atoms with Crippen LogP contribution in [0.5, 0.6) is 11.5 Å². The first-order valence-electron chi connectivity index (χ1n) is 5.82. The average Bonchev–Trinajstić information content (AvgIpc) is 2.39. The molecule has 0 aliphatic rings. The number of aryl methyl sites for hydroxylation is 1. The van der Waals surface area contributed by atoms with Crippen LogP contribution in [-0.4, -0.2) is 22.2 Å². The van der Waals surface area contributed by atoms with Gasteiger partial charge in [0.1, 0.15) is 11.5 Å². The van der Waals surface area contributed by atoms with Gasteiger partial charge in [-0.15, -0.1) is 0 Å². The summed E-state index contributed by atoms with van der Waals surface area (Å²) in [6, 6.07) is 9.87. The molecule has 0 atom stereocenters. The van der Waals surface area contributed by atoms with Gasteiger partial charge in [-0.3, -0.25) is 0 Å². The van der Waals surface area contributed by atoms with Gasteiger partial charge >= 0.3 is 11.9 Å². The SMILES string of the molecule is Cc1cc(O)ccc1C(=O)Oc1ccc(C(=O)O)cc1. The fraction of sp³-hybridized carbons (Fsp3) is 0.0667. The average molecular weight is 272 g/mol. The number of rotatable bonds is 3. The fourth-order valence-corrected chi connectivity index (χ4v) is 1.70. The fourth-order valence-electron chi connectivity index (χ4n) is 1.70. The summed E-state index contributed by atoms with van der Waals surface area (Å²) in [6.45, 7) is 1.68. The highest BCUT2D eigenvalue weighted by Gasteiger charge is 2.12. The van der Waals surface area contributed by atoms with Crippen molar-refractivity contribution < 1.29 is 24.5 Å². The van der Waals surface area contributed by atoms with Gasteiger partial charge in [0.25, 0.3) is 0 Å². The molecule has 0 unspecified atom stereocenters. The molecule has 5 nitrogen and oxygen atoms in total. The molecule has 0 saturated heterocycles. The second-order valence-corrected chi connectivity index (χ2v) is 4.22. The second kappa shape index (κ2) is 5.44. The molecule has 102 valence electrons. The second-order valence-electron chi connectivity index (χ2n) is 4.22. The maximum Gasteiger partial charge on any atom is 0.343 e. The minimum absolute atomic E-state index is 0.0739. The molecule has 0 spiro atoms. The largest absolute Gasteiger partial charge is 0.508 e. The molecule has 2 rings (SSSR count). The molecule has 0 bridgehead atoms. The number of aromatic carboxylic acids is 1. The van der Waals surface area contributed by atoms with E-state index in [0.717, 1.165) is 0 Å². The Kier molecular flexibility index (Phi) is 3.70. The predicted molar refractivity (Wildman–Crippen MR) is 71.2 cm³/mol. The molecule has 2 aromatic rings. The van der Waals surface area contributed by atoms with Crippen LogP contribution in [0.2, 0.25) is 0 Å². The van der Waals surface area contributed by atoms with Gasteiger partial charge in [-0.05, 0) is 55.0 Å². The van der Waals surface area contributed by atoms with E-state index in [2.05, 4.69) is 0 Å². The van der Waals surface area contributed by atoms with Gasteiger partial charge in [-0.25, -0.2) is 9.59 Å². The van der Waals surface area contributed by atoms with Crippen molar-refractivity contribution in [2.45, 2.75) is 6.92 Å². The zero-order valence-electron chi connectivity index (χ0n) is 10.7. The quantitative estimate of drug-likeness (QED) is 0.662. The molecule has 20 heavy (non-hydrogen) atoms. The third-order valence-corrected chi connectivity index (χ3v) is 2.74. The van der Waals surface area contributed by atoms with Crippen LogP contribution in [0.4, 0.5) is 0 Å². The van der Waals surface area contributed by atoms with E-state index in [9.17, 15) is 14.7 Å². The summed E-state index contributed by atoms with van der Waals surface area (Å²) in [5.41, 5.74) is 1.05. The van der Waals surface area contributed by atoms with Gasteiger partial charge in [0.15, 0.2) is 0 Å². The Hall–Kier alpha value is -2.82. The molecule has 0 amide bonds. The first kappa shape index (κ1) is 13.6. The molecule has 2 N–H and O–H groups in total. The van der Waals surface area contributed by atoms with Crippen LogP contribution in [-0.2, 0) is 0 Å². The Morgan fingerprint density at radius 3 is 2.25 bits per heavy atom. The maximum absolute atomic E-state index is 11.9. The summed E-state index contributed by atoms with van der Waals surface area (Å²) in [5, 5.41) is 18.1. The van der Waals surface area contributed by atoms with Crippen molar-refractivity contribution in [2.24, 2.45) is 0 Å². The molecule has 0 fully saturated rings. The standard InChI is InChI=1S/C15H12O5/c1-9-8-11(16)4-7-13(9)15(19)20-12-5-2-10(3-6-12)14(17)18/h2-8,16H,1H3,(H,17,18). The zero-order chi connectivity index (χ0) is 14.7. The van der Waals surface area contributed by atoms with Crippen molar-refractivity contribution in [3.8, 4) is 11.5 Å². The Morgan fingerprint density at radius 1 is 1.05 bits per heavy atom. The van der Waals surface area contributed by atoms with Gasteiger partial charge < -0.3 is 14.9 Å². The van der Waals surface area contributed by atoms with Crippen LogP contribution >= 0.6 is 0 Å². The summed E-state index contributed by atoms with van der Waals surface area (Å²) < 4.78 is 5.14. The number of phenols is 1. The van der Waals surface area contributed by atoms with E-state index in [0.29, 0.717) is 11.1 Å². The Morgan fingerprint density at radius 2 is 1.70 bits per heavy atom. The molecule has 5 heteroatoms. The number of carbonyl (C=O) groups excluding carboxylic acids is 1. The molecule has 0 heterocycles. The number of phenolic OH excluding ortho intramolecular Hbond substituents is 1. The van der Waals surface area contributed by atoms with Gasteiger partial charge in [0.2, 0.25) is 0 Å². The predicted octanol–water partition coefficient (Wildman–Crippen LogP) is 2.62. The monoisotopic (exact) mass is 272 g/mol. The molecule has 0 aliphatic heterocycles. The summed E-state index contributed by atoms with van der Waals surface area (Å²) in [4.78, 5) is 22.6. The minimum atomic E-state index is -1.04. The Labute approximate surface area is 115 Å². The molecular formula is C15H12O5. The van der Waals surface area contributed by atoms with E-state index >= 15 is 0 Å². The number of benzene rings is 2. The van der Waals surface area contributed by atoms with E-state index in [-0.39, 0.29) is 17.1 Å². The summed E-state index contributed by atoms with van der Waals surface area (Å²) in [5.74, 6) is -1.28. The van der Waals surface area contributed by atoms with E-state index in [4.69, 9.17) is 9.84 Å². The lowest BCUT2D eigenvalue weighted by Crippen LogP contribution is -2.10. The van der Waals surface area contributed by atoms with Crippen LogP contribution < -0.4 is 4.74 Å². The van der Waals surface area contributed by atoms with Gasteiger partial charge in [-0.2, -0.15) is 0 Å². The van der Waals surface area contributed by atoms with Crippen LogP contribution in [0.3, 0.4) is 0 Å². The van der Waals surface area contributed by atoms with Crippen molar-refractivity contribution >= 4 is 11.9 Å². The van der Waals surface area contributed by atoms with Crippen molar-refractivity contribution in [3.63, 3.8) is 0 Å². The molecule has 0 aromatic heterocycles. The van der Waals surface area contributed by atoms with E-state index < -0.39 is 11.9 Å². The van der Waals surface area contributed by atoms with Gasteiger partial charge in [0.05, 0.1) is 11.1 Å². The maximum atomic E-state index is 11.9. The topological polar surface area (TPSA) is 83.8 Å². The highest BCUT2D eigenvalue weighted by atomic mass is 16.5. The van der Waals surface area contributed by atoms with Gasteiger partial charge in [0, 0.05) is 0 Å². The summed E-state index contributed by atoms with van der Waals surface area (Å²) >= 11 is 0. The van der Waals surface area contributed by atoms with E-state index in [1.54, 1.807) is 6.92 Å². The third-order valence-electron chi connectivity index (χ3n) is 2.74. The van der Waals surface area contributed by atoms with Crippen molar-refractivity contribution in [2.75, 3.05) is 0 Å². The number of aromatic hydroxyl groups is 1. The first-order valence-corrected chi connectivity index (χ1v) is 5.82. The lowest BCUT2D eigenvalue weighted by molar-refractivity contribution is 0.0696. The van der Waals surface area contributed by atoms with E-state index in [1.807, 2.05) is 0 Å². The van der Waals surface area contributed by atoms with Crippen molar-refractivity contribution in [1.29, 1.82) is 0 Å². The lowest BCUT2D eigenvalue weighted by atomic mass is 10.1. The zero-order valence-corrected chi connectivity index (χ0v) is 10.7. The number of carbonyl (C=O) groups is 2. The molecule has 0 aliphatic carbocycles. The normalized spacial score (nSPS) is 10.1. The molecule has 0 saturated carbocycles. The summed E-state index contributed by atoms with van der Waals surface area (Å²) in [6.07, 6.45) is 0. The van der Waals surface area contributed by atoms with Gasteiger partial charge in [-0.1, -0.05) is 0 Å². The van der Waals surface area contributed by atoms with Crippen molar-refractivity contribution in [3.05, 3.63) is 59.2 Å². The minimum Gasteiger partial charge on any atom is -0.508 e. The number of hydrogen-bond donors (Lipinski definition) is 2. The first-order chi connectivity index (χ1) is 9.47. The van der Waals surface area contributed by atoms with E-state index in [1.165, 1.54) is 42.5 Å². The van der Waals surface area contributed by atoms with Crippen LogP contribution in [0, 0.1) is 6.92 Å². The highest BCUT2D eigenvalue weighted by Crippen LogP contribution is 2.19. The van der Waals surface area contributed by atoms with Crippen molar-refractivity contribution in [1.82, 2.24) is 0 Å². The number of ether oxygens (including phenoxy) is 1. The highest BCUT2D eigenvalue weighted by molar-refractivity contribution is 5.93. The number of carboxylic acid groups (broad SMARTS) is 1. The Bertz CT molecular complexity index is 658. The lowest BCUT2D eigenvalue weighted by Gasteiger charge is -2.07. The van der Waals surface area contributed by atoms with Crippen LogP contribution in [0.15, 0.2) is 42.5 Å². The Balaban J connectivity index is 2.17. The number of carboxylic acids is 1. The van der Waals surface area contributed by atoms with Crippen LogP contribution in [0.1, 0.15) is 26.3 Å². The smallest absolute Gasteiger partial charge is 0.343 e. The number of esters is 1. The third kappa shape index (κ3) is 2.95. The summed E-state index contributed by atoms with van der Waals surface area (Å²) in [7, 11) is 0. The van der Waals surface area contributed by atoms with Crippen LogP contribution in [0.25, 0.3) is 0 Å².